The average molecular weight is 264 g/mol. The Morgan fingerprint density at radius 3 is 1.37 bits per heavy atom. The standard InChI is InChI=1S/C16H12O2Si/c1-3-19(4-2,17-15-11-7-5-8-12-15)18-16-13-9-6-10-14-16/h1-2,5-14H. The smallest absolute Gasteiger partial charge is 0.495 e. The molecule has 0 aliphatic rings. The predicted octanol–water partition coefficient (Wildman–Crippen LogP) is 2.93. The lowest BCUT2D eigenvalue weighted by Gasteiger charge is -2.21. The van der Waals surface area contributed by atoms with Crippen LogP contribution in [0.4, 0.5) is 0 Å². The summed E-state index contributed by atoms with van der Waals surface area (Å²) >= 11 is 0. The van der Waals surface area contributed by atoms with E-state index in [0.29, 0.717) is 11.5 Å². The molecule has 0 aliphatic carbocycles. The van der Waals surface area contributed by atoms with E-state index in [0.717, 1.165) is 0 Å². The largest absolute Gasteiger partial charge is 0.637 e. The third-order valence-corrected chi connectivity index (χ3v) is 4.20. The van der Waals surface area contributed by atoms with Crippen LogP contribution in [0.3, 0.4) is 0 Å². The van der Waals surface area contributed by atoms with Gasteiger partial charge in [0.2, 0.25) is 0 Å². The van der Waals surface area contributed by atoms with Gasteiger partial charge in [0.1, 0.15) is 11.5 Å². The first-order valence-electron chi connectivity index (χ1n) is 5.72. The molecule has 0 bridgehead atoms. The van der Waals surface area contributed by atoms with Crippen molar-refractivity contribution in [3.05, 3.63) is 60.7 Å². The Kier molecular flexibility index (Phi) is 3.93. The number of benzene rings is 2. The Morgan fingerprint density at radius 2 is 1.05 bits per heavy atom. The Bertz CT molecular complexity index is 551. The van der Waals surface area contributed by atoms with E-state index < -0.39 is 8.56 Å². The van der Waals surface area contributed by atoms with Crippen molar-refractivity contribution in [1.82, 2.24) is 0 Å². The molecule has 0 spiro atoms. The zero-order valence-electron chi connectivity index (χ0n) is 10.2. The monoisotopic (exact) mass is 264 g/mol. The quantitative estimate of drug-likeness (QED) is 0.624. The van der Waals surface area contributed by atoms with E-state index in [-0.39, 0.29) is 0 Å². The van der Waals surface area contributed by atoms with Crippen molar-refractivity contribution in [2.75, 3.05) is 0 Å². The number of hydrogen-bond donors (Lipinski definition) is 0. The third kappa shape index (κ3) is 3.19. The summed E-state index contributed by atoms with van der Waals surface area (Å²) in [4.78, 5) is 0. The molecule has 0 N–H and O–H groups in total. The molecule has 0 heterocycles. The molecule has 2 rings (SSSR count). The van der Waals surface area contributed by atoms with Crippen molar-refractivity contribution in [1.29, 1.82) is 0 Å². The van der Waals surface area contributed by atoms with Crippen LogP contribution in [-0.4, -0.2) is 8.56 Å². The Morgan fingerprint density at radius 1 is 0.684 bits per heavy atom. The molecule has 2 aromatic carbocycles. The highest BCUT2D eigenvalue weighted by molar-refractivity contribution is 6.84. The lowest BCUT2D eigenvalue weighted by molar-refractivity contribution is 0.420. The van der Waals surface area contributed by atoms with Gasteiger partial charge in [-0.25, -0.2) is 0 Å². The van der Waals surface area contributed by atoms with Gasteiger partial charge in [-0.15, -0.1) is 12.8 Å². The van der Waals surface area contributed by atoms with Gasteiger partial charge in [0.25, 0.3) is 0 Å². The number of terminal acetylenes is 2. The van der Waals surface area contributed by atoms with E-state index in [1.807, 2.05) is 36.4 Å². The van der Waals surface area contributed by atoms with Gasteiger partial charge in [0.15, 0.2) is 0 Å². The van der Waals surface area contributed by atoms with Crippen LogP contribution in [0.5, 0.6) is 11.5 Å². The van der Waals surface area contributed by atoms with Crippen LogP contribution in [-0.2, 0) is 0 Å². The van der Waals surface area contributed by atoms with Crippen LogP contribution in [0.2, 0.25) is 0 Å². The Labute approximate surface area is 114 Å². The van der Waals surface area contributed by atoms with Gasteiger partial charge >= 0.3 is 8.56 Å². The molecule has 0 fully saturated rings. The summed E-state index contributed by atoms with van der Waals surface area (Å²) in [6.45, 7) is 0. The van der Waals surface area contributed by atoms with Crippen LogP contribution in [0.15, 0.2) is 60.7 Å². The van der Waals surface area contributed by atoms with Crippen LogP contribution in [0, 0.1) is 23.9 Å². The fraction of sp³-hybridized carbons (Fsp3) is 0. The summed E-state index contributed by atoms with van der Waals surface area (Å²) in [5.41, 5.74) is 5.04. The van der Waals surface area contributed by atoms with E-state index in [4.69, 9.17) is 21.7 Å². The Hall–Kier alpha value is -2.62. The first-order valence-corrected chi connectivity index (χ1v) is 7.53. The lowest BCUT2D eigenvalue weighted by Crippen LogP contribution is -2.46. The number of para-hydroxylation sites is 2. The number of rotatable bonds is 4. The molecular weight excluding hydrogens is 252 g/mol. The normalized spacial score (nSPS) is 10.0. The fourth-order valence-corrected chi connectivity index (χ4v) is 2.79. The molecule has 0 atom stereocenters. The zero-order valence-corrected chi connectivity index (χ0v) is 11.2. The van der Waals surface area contributed by atoms with Crippen molar-refractivity contribution < 1.29 is 8.85 Å². The fourth-order valence-electron chi connectivity index (χ4n) is 1.49. The highest BCUT2D eigenvalue weighted by Crippen LogP contribution is 2.19. The van der Waals surface area contributed by atoms with E-state index >= 15 is 0 Å². The summed E-state index contributed by atoms with van der Waals surface area (Å²) in [7, 11) is -3.17. The van der Waals surface area contributed by atoms with Crippen molar-refractivity contribution in [3.8, 4) is 35.4 Å². The third-order valence-electron chi connectivity index (χ3n) is 2.39. The van der Waals surface area contributed by atoms with Crippen molar-refractivity contribution in [2.24, 2.45) is 0 Å². The van der Waals surface area contributed by atoms with Gasteiger partial charge in [0, 0.05) is 0 Å². The van der Waals surface area contributed by atoms with Gasteiger partial charge in [-0.2, -0.15) is 0 Å². The highest BCUT2D eigenvalue weighted by Gasteiger charge is 2.40. The maximum atomic E-state index is 5.75. The second kappa shape index (κ2) is 5.82. The van der Waals surface area contributed by atoms with Gasteiger partial charge < -0.3 is 8.85 Å². The SMILES string of the molecule is C#C[Si](C#C)(Oc1ccccc1)Oc1ccccc1. The topological polar surface area (TPSA) is 18.5 Å². The summed E-state index contributed by atoms with van der Waals surface area (Å²) in [5, 5.41) is 0. The van der Waals surface area contributed by atoms with Crippen LogP contribution in [0.1, 0.15) is 0 Å². The number of hydrogen-bond acceptors (Lipinski definition) is 2. The van der Waals surface area contributed by atoms with E-state index in [1.54, 1.807) is 24.3 Å². The second-order valence-corrected chi connectivity index (χ2v) is 5.95. The van der Waals surface area contributed by atoms with Gasteiger partial charge in [0.05, 0.1) is 0 Å². The van der Waals surface area contributed by atoms with Crippen LogP contribution in [0.25, 0.3) is 0 Å². The summed E-state index contributed by atoms with van der Waals surface area (Å²) in [5.74, 6) is 1.22. The minimum Gasteiger partial charge on any atom is -0.495 e. The van der Waals surface area contributed by atoms with E-state index in [1.165, 1.54) is 0 Å². The first kappa shape index (κ1) is 12.8. The van der Waals surface area contributed by atoms with Crippen LogP contribution < -0.4 is 8.85 Å². The molecule has 0 saturated heterocycles. The molecule has 0 amide bonds. The first-order chi connectivity index (χ1) is 9.28. The van der Waals surface area contributed by atoms with Crippen LogP contribution >= 0.6 is 0 Å². The molecule has 2 aromatic rings. The van der Waals surface area contributed by atoms with Crippen molar-refractivity contribution in [2.45, 2.75) is 0 Å². The maximum absolute atomic E-state index is 5.75. The summed E-state index contributed by atoms with van der Waals surface area (Å²) < 4.78 is 11.5. The molecule has 3 heteroatoms. The molecule has 0 radical (unpaired) electrons. The van der Waals surface area contributed by atoms with E-state index in [9.17, 15) is 0 Å². The molecule has 0 saturated carbocycles. The minimum atomic E-state index is -3.17. The molecule has 0 aliphatic heterocycles. The van der Waals surface area contributed by atoms with Gasteiger partial charge in [-0.1, -0.05) is 36.4 Å². The highest BCUT2D eigenvalue weighted by atomic mass is 28.4. The Balaban J connectivity index is 2.24. The molecule has 0 aromatic heterocycles. The zero-order chi connectivity index (χ0) is 13.6. The molecule has 19 heavy (non-hydrogen) atoms. The average Bonchev–Trinajstić information content (AvgIpc) is 2.48. The van der Waals surface area contributed by atoms with Crippen molar-refractivity contribution in [3.63, 3.8) is 0 Å². The second-order valence-electron chi connectivity index (χ2n) is 3.74. The summed E-state index contributed by atoms with van der Waals surface area (Å²) in [6.07, 6.45) is 11.1. The van der Waals surface area contributed by atoms with Crippen molar-refractivity contribution >= 4 is 8.56 Å². The maximum Gasteiger partial charge on any atom is 0.637 e. The molecule has 2 nitrogen and oxygen atoms in total. The molecular formula is C16H12O2Si. The molecule has 92 valence electrons. The minimum absolute atomic E-state index is 0.612. The lowest BCUT2D eigenvalue weighted by atomic mass is 10.3. The van der Waals surface area contributed by atoms with E-state index in [2.05, 4.69) is 11.1 Å². The predicted molar refractivity (Wildman–Crippen MR) is 77.6 cm³/mol. The molecule has 0 unspecified atom stereocenters. The summed E-state index contributed by atoms with van der Waals surface area (Å²) in [6, 6.07) is 18.4. The van der Waals surface area contributed by atoms with Gasteiger partial charge in [-0.05, 0) is 35.4 Å². The van der Waals surface area contributed by atoms with Gasteiger partial charge in [-0.3, -0.25) is 0 Å².